The molecule has 0 radical (unpaired) electrons. The number of hydrogen-bond donors (Lipinski definition) is 2. The molecule has 0 unspecified atom stereocenters. The van der Waals surface area contributed by atoms with Crippen LogP contribution in [0.4, 0.5) is 11.4 Å². The third-order valence-electron chi connectivity index (χ3n) is 4.78. The van der Waals surface area contributed by atoms with Crippen molar-refractivity contribution in [3.05, 3.63) is 95.1 Å². The van der Waals surface area contributed by atoms with Crippen molar-refractivity contribution in [3.63, 3.8) is 0 Å². The first kappa shape index (κ1) is 20.8. The van der Waals surface area contributed by atoms with Gasteiger partial charge in [0.25, 0.3) is 15.9 Å². The first-order chi connectivity index (χ1) is 14.8. The molecule has 0 fully saturated rings. The van der Waals surface area contributed by atoms with Crippen LogP contribution in [-0.4, -0.2) is 19.3 Å². The van der Waals surface area contributed by atoms with Crippen LogP contribution in [0, 0.1) is 6.92 Å². The van der Waals surface area contributed by atoms with Crippen LogP contribution in [0.3, 0.4) is 0 Å². The molecule has 0 aliphatic rings. The van der Waals surface area contributed by atoms with Crippen LogP contribution < -0.4 is 10.0 Å². The number of aromatic nitrogens is 1. The van der Waals surface area contributed by atoms with Crippen LogP contribution in [0.2, 0.25) is 5.02 Å². The second-order valence-electron chi connectivity index (χ2n) is 6.88. The molecule has 8 heteroatoms. The third kappa shape index (κ3) is 4.38. The van der Waals surface area contributed by atoms with Gasteiger partial charge in [0.2, 0.25) is 0 Å². The summed E-state index contributed by atoms with van der Waals surface area (Å²) in [6.07, 6.45) is 1.59. The maximum absolute atomic E-state index is 12.9. The molecule has 0 aliphatic heterocycles. The predicted octanol–water partition coefficient (Wildman–Crippen LogP) is 5.25. The van der Waals surface area contributed by atoms with E-state index in [0.29, 0.717) is 21.9 Å². The molecule has 31 heavy (non-hydrogen) atoms. The fraction of sp³-hybridized carbons (Fsp3) is 0.0435. The predicted molar refractivity (Wildman–Crippen MR) is 123 cm³/mol. The number of nitrogens with zero attached hydrogens (tertiary/aromatic N) is 1. The van der Waals surface area contributed by atoms with Crippen molar-refractivity contribution in [2.24, 2.45) is 0 Å². The first-order valence-corrected chi connectivity index (χ1v) is 11.2. The number of sulfonamides is 1. The highest BCUT2D eigenvalue weighted by Crippen LogP contribution is 2.29. The van der Waals surface area contributed by atoms with Crippen LogP contribution >= 0.6 is 11.6 Å². The second kappa shape index (κ2) is 8.37. The largest absolute Gasteiger partial charge is 0.321 e. The van der Waals surface area contributed by atoms with E-state index in [1.54, 1.807) is 60.8 Å². The van der Waals surface area contributed by atoms with Crippen molar-refractivity contribution in [1.29, 1.82) is 0 Å². The van der Waals surface area contributed by atoms with E-state index in [0.717, 1.165) is 10.9 Å². The van der Waals surface area contributed by atoms with Gasteiger partial charge in [-0.3, -0.25) is 14.5 Å². The van der Waals surface area contributed by atoms with Crippen molar-refractivity contribution < 1.29 is 13.2 Å². The minimum absolute atomic E-state index is 0.00813. The monoisotopic (exact) mass is 451 g/mol. The Balaban J connectivity index is 1.62. The molecule has 156 valence electrons. The molecule has 0 bridgehead atoms. The number of aryl methyl sites for hydroxylation is 1. The molecule has 0 spiro atoms. The number of fused-ring (bicyclic) bond motifs is 1. The van der Waals surface area contributed by atoms with E-state index in [-0.39, 0.29) is 10.5 Å². The van der Waals surface area contributed by atoms with Crippen molar-refractivity contribution in [2.45, 2.75) is 11.8 Å². The zero-order valence-electron chi connectivity index (χ0n) is 16.5. The number of halogens is 1. The highest BCUT2D eigenvalue weighted by molar-refractivity contribution is 7.92. The highest BCUT2D eigenvalue weighted by Gasteiger charge is 2.17. The van der Waals surface area contributed by atoms with Gasteiger partial charge in [-0.25, -0.2) is 8.42 Å². The lowest BCUT2D eigenvalue weighted by Crippen LogP contribution is -2.16. The summed E-state index contributed by atoms with van der Waals surface area (Å²) in [5.74, 6) is -0.433. The van der Waals surface area contributed by atoms with E-state index in [1.165, 1.54) is 18.2 Å². The number of carbonyl (C=O) groups excluding carboxylic acids is 1. The first-order valence-electron chi connectivity index (χ1n) is 9.38. The smallest absolute Gasteiger partial charge is 0.261 e. The van der Waals surface area contributed by atoms with E-state index in [9.17, 15) is 13.2 Å². The molecule has 6 nitrogen and oxygen atoms in total. The molecular formula is C23H18ClN3O3S. The van der Waals surface area contributed by atoms with Gasteiger partial charge >= 0.3 is 0 Å². The summed E-state index contributed by atoms with van der Waals surface area (Å²) >= 11 is 6.17. The molecule has 0 saturated heterocycles. The second-order valence-corrected chi connectivity index (χ2v) is 8.97. The van der Waals surface area contributed by atoms with E-state index in [2.05, 4.69) is 15.0 Å². The SMILES string of the molecule is Cc1c(Cl)ccc2c(NC(=O)c3cccc(S(=O)(=O)Nc4ccccc4)c3)ccnc12. The minimum Gasteiger partial charge on any atom is -0.321 e. The summed E-state index contributed by atoms with van der Waals surface area (Å²) in [5, 5.41) is 4.17. The van der Waals surface area contributed by atoms with Crippen LogP contribution in [0.25, 0.3) is 10.9 Å². The Kier molecular flexibility index (Phi) is 5.63. The van der Waals surface area contributed by atoms with Crippen molar-refractivity contribution in [3.8, 4) is 0 Å². The van der Waals surface area contributed by atoms with Gasteiger partial charge in [-0.05, 0) is 61.0 Å². The quantitative estimate of drug-likeness (QED) is 0.433. The van der Waals surface area contributed by atoms with Gasteiger partial charge in [-0.15, -0.1) is 0 Å². The van der Waals surface area contributed by atoms with Crippen molar-refractivity contribution in [1.82, 2.24) is 4.98 Å². The number of para-hydroxylation sites is 1. The molecule has 3 aromatic carbocycles. The lowest BCUT2D eigenvalue weighted by Gasteiger charge is -2.12. The zero-order valence-corrected chi connectivity index (χ0v) is 18.0. The molecule has 1 heterocycles. The van der Waals surface area contributed by atoms with E-state index >= 15 is 0 Å². The number of rotatable bonds is 5. The molecule has 2 N–H and O–H groups in total. The van der Waals surface area contributed by atoms with Crippen LogP contribution in [0.15, 0.2) is 83.9 Å². The topological polar surface area (TPSA) is 88.2 Å². The van der Waals surface area contributed by atoms with Gasteiger partial charge in [0.15, 0.2) is 0 Å². The summed E-state index contributed by atoms with van der Waals surface area (Å²) < 4.78 is 27.9. The van der Waals surface area contributed by atoms with Crippen LogP contribution in [0.1, 0.15) is 15.9 Å². The van der Waals surface area contributed by atoms with Crippen molar-refractivity contribution in [2.75, 3.05) is 10.0 Å². The average molecular weight is 452 g/mol. The Morgan fingerprint density at radius 1 is 0.968 bits per heavy atom. The number of amides is 1. The highest BCUT2D eigenvalue weighted by atomic mass is 35.5. The van der Waals surface area contributed by atoms with Gasteiger partial charge in [-0.1, -0.05) is 35.9 Å². The number of carbonyl (C=O) groups is 1. The molecule has 0 aliphatic carbocycles. The summed E-state index contributed by atoms with van der Waals surface area (Å²) in [4.78, 5) is 17.2. The molecule has 1 amide bonds. The van der Waals surface area contributed by atoms with Gasteiger partial charge in [0.05, 0.1) is 16.1 Å². The summed E-state index contributed by atoms with van der Waals surface area (Å²) in [6, 6.07) is 19.6. The number of nitrogens with one attached hydrogen (secondary N) is 2. The molecule has 4 rings (SSSR count). The summed E-state index contributed by atoms with van der Waals surface area (Å²) in [6.45, 7) is 1.86. The normalized spacial score (nSPS) is 11.3. The molecule has 0 saturated carbocycles. The number of anilines is 2. The maximum atomic E-state index is 12.9. The Morgan fingerprint density at radius 3 is 2.52 bits per heavy atom. The summed E-state index contributed by atoms with van der Waals surface area (Å²) in [7, 11) is -3.84. The number of benzene rings is 3. The Bertz CT molecular complexity index is 1390. The third-order valence-corrected chi connectivity index (χ3v) is 6.57. The fourth-order valence-corrected chi connectivity index (χ4v) is 4.42. The van der Waals surface area contributed by atoms with E-state index < -0.39 is 15.9 Å². The lowest BCUT2D eigenvalue weighted by molar-refractivity contribution is 0.102. The number of pyridine rings is 1. The molecular weight excluding hydrogens is 434 g/mol. The summed E-state index contributed by atoms with van der Waals surface area (Å²) in [5.41, 5.74) is 2.72. The van der Waals surface area contributed by atoms with Gasteiger partial charge in [-0.2, -0.15) is 0 Å². The molecule has 4 aromatic rings. The lowest BCUT2D eigenvalue weighted by atomic mass is 10.1. The van der Waals surface area contributed by atoms with E-state index in [4.69, 9.17) is 11.6 Å². The Labute approximate surface area is 185 Å². The molecule has 0 atom stereocenters. The van der Waals surface area contributed by atoms with Crippen LogP contribution in [0.5, 0.6) is 0 Å². The minimum atomic E-state index is -3.84. The van der Waals surface area contributed by atoms with Crippen molar-refractivity contribution >= 4 is 49.8 Å². The van der Waals surface area contributed by atoms with Gasteiger partial charge in [0, 0.05) is 27.9 Å². The Morgan fingerprint density at radius 2 is 1.74 bits per heavy atom. The van der Waals surface area contributed by atoms with Crippen LogP contribution in [-0.2, 0) is 10.0 Å². The maximum Gasteiger partial charge on any atom is 0.261 e. The molecule has 1 aromatic heterocycles. The number of hydrogen-bond acceptors (Lipinski definition) is 4. The standard InChI is InChI=1S/C23H18ClN3O3S/c1-15-20(24)11-10-19-21(12-13-25-22(15)19)26-23(28)16-6-5-9-18(14-16)31(29,30)27-17-7-3-2-4-8-17/h2-14,27H,1H3,(H,25,26,28). The van der Waals surface area contributed by atoms with Gasteiger partial charge in [0.1, 0.15) is 0 Å². The fourth-order valence-electron chi connectivity index (χ4n) is 3.16. The van der Waals surface area contributed by atoms with Gasteiger partial charge < -0.3 is 5.32 Å². The zero-order chi connectivity index (χ0) is 22.0. The Hall–Kier alpha value is -3.42. The average Bonchev–Trinajstić information content (AvgIpc) is 2.77. The van der Waals surface area contributed by atoms with E-state index in [1.807, 2.05) is 6.92 Å².